The van der Waals surface area contributed by atoms with Crippen LogP contribution in [0, 0.1) is 0 Å². The van der Waals surface area contributed by atoms with E-state index in [0.29, 0.717) is 11.3 Å². The van der Waals surface area contributed by atoms with Crippen LogP contribution in [0.5, 0.6) is 5.75 Å². The van der Waals surface area contributed by atoms with Crippen LogP contribution in [-0.4, -0.2) is 59.8 Å². The third-order valence-corrected chi connectivity index (χ3v) is 4.57. The lowest BCUT2D eigenvalue weighted by atomic mass is 9.95. The Morgan fingerprint density at radius 1 is 1.22 bits per heavy atom. The minimum absolute atomic E-state index is 0.0519. The van der Waals surface area contributed by atoms with Gasteiger partial charge in [-0.25, -0.2) is 0 Å². The summed E-state index contributed by atoms with van der Waals surface area (Å²) >= 11 is 0. The van der Waals surface area contributed by atoms with Gasteiger partial charge in [0.15, 0.2) is 11.6 Å². The van der Waals surface area contributed by atoms with Crippen molar-refractivity contribution in [2.75, 3.05) is 6.61 Å². The number of hydrogen-bond donors (Lipinski definition) is 2. The Morgan fingerprint density at radius 3 is 2.48 bits per heavy atom. The summed E-state index contributed by atoms with van der Waals surface area (Å²) < 4.78 is 23.2. The van der Waals surface area contributed by atoms with E-state index in [1.165, 1.54) is 13.8 Å². The molecule has 0 spiro atoms. The van der Waals surface area contributed by atoms with Gasteiger partial charge in [0.1, 0.15) is 30.1 Å². The number of benzene rings is 1. The molecule has 1 amide bonds. The average molecular weight is 379 g/mol. The summed E-state index contributed by atoms with van der Waals surface area (Å²) in [6.45, 7) is 6.57. The van der Waals surface area contributed by atoms with Crippen LogP contribution in [0.4, 0.5) is 0 Å². The zero-order chi connectivity index (χ0) is 19.8. The number of amides is 1. The highest BCUT2D eigenvalue weighted by Crippen LogP contribution is 2.33. The molecule has 2 N–H and O–H groups in total. The number of hydrogen-bond acceptors (Lipinski definition) is 7. The Morgan fingerprint density at radius 2 is 1.89 bits per heavy atom. The third kappa shape index (κ3) is 4.47. The number of nitrogens with one attached hydrogen (secondary N) is 1. The van der Waals surface area contributed by atoms with Gasteiger partial charge in [-0.2, -0.15) is 0 Å². The van der Waals surface area contributed by atoms with E-state index in [9.17, 15) is 14.7 Å². The smallest absolute Gasteiger partial charge is 0.223 e. The quantitative estimate of drug-likeness (QED) is 0.753. The van der Waals surface area contributed by atoms with Crippen molar-refractivity contribution in [1.29, 1.82) is 0 Å². The predicted molar refractivity (Wildman–Crippen MR) is 94.3 cm³/mol. The average Bonchev–Trinajstić information content (AvgIpc) is 2.59. The fraction of sp³-hybridized carbons (Fsp3) is 0.579. The molecule has 8 heteroatoms. The van der Waals surface area contributed by atoms with Crippen molar-refractivity contribution in [2.45, 2.75) is 64.1 Å². The number of aliphatic hydroxyl groups is 1. The van der Waals surface area contributed by atoms with Crippen LogP contribution < -0.4 is 10.1 Å². The summed E-state index contributed by atoms with van der Waals surface area (Å²) in [6, 6.07) is 5.73. The van der Waals surface area contributed by atoms with Gasteiger partial charge in [-0.1, -0.05) is 0 Å². The van der Waals surface area contributed by atoms with E-state index in [4.69, 9.17) is 18.9 Å². The first-order valence-electron chi connectivity index (χ1n) is 8.86. The van der Waals surface area contributed by atoms with Crippen molar-refractivity contribution in [2.24, 2.45) is 0 Å². The molecule has 0 saturated carbocycles. The second-order valence-electron chi connectivity index (χ2n) is 7.25. The Labute approximate surface area is 157 Å². The highest BCUT2D eigenvalue weighted by molar-refractivity contribution is 5.94. The van der Waals surface area contributed by atoms with Gasteiger partial charge in [0.05, 0.1) is 6.61 Å². The summed E-state index contributed by atoms with van der Waals surface area (Å²) in [5.74, 6) is -0.788. The van der Waals surface area contributed by atoms with E-state index in [1.54, 1.807) is 38.1 Å². The lowest BCUT2D eigenvalue weighted by molar-refractivity contribution is -0.361. The molecule has 148 valence electrons. The minimum Gasteiger partial charge on any atom is -0.463 e. The second-order valence-corrected chi connectivity index (χ2v) is 7.25. The summed E-state index contributed by atoms with van der Waals surface area (Å²) in [6.07, 6.45) is -3.19. The number of Topliss-reactive ketones (excluding diaryl/α,β-unsaturated/α-hetero) is 1. The molecule has 1 aromatic rings. The minimum atomic E-state index is -1.04. The summed E-state index contributed by atoms with van der Waals surface area (Å²) in [5, 5.41) is 13.5. The summed E-state index contributed by atoms with van der Waals surface area (Å²) in [5.41, 5.74) is 0.557. The highest BCUT2D eigenvalue weighted by Gasteiger charge is 2.52. The standard InChI is InChI=1S/C19H25NO7/c1-10(21)12-5-7-13(8-6-12)25-18-15(20-11(2)22)16(23)17-14(26-18)9-24-19(3,4)27-17/h5-8,14-18,23H,9H2,1-4H3,(H,20,22)/t14-,15-,16+,17+,18-/m0/s1. The van der Waals surface area contributed by atoms with E-state index < -0.39 is 36.4 Å². The summed E-state index contributed by atoms with van der Waals surface area (Å²) in [7, 11) is 0. The molecule has 8 nitrogen and oxygen atoms in total. The molecule has 1 aromatic carbocycles. The van der Waals surface area contributed by atoms with E-state index >= 15 is 0 Å². The number of ketones is 1. The number of ether oxygens (including phenoxy) is 4. The molecule has 5 atom stereocenters. The van der Waals surface area contributed by atoms with Gasteiger partial charge < -0.3 is 29.4 Å². The van der Waals surface area contributed by atoms with E-state index in [-0.39, 0.29) is 18.3 Å². The van der Waals surface area contributed by atoms with Gasteiger partial charge in [-0.3, -0.25) is 9.59 Å². The molecule has 2 heterocycles. The molecule has 27 heavy (non-hydrogen) atoms. The third-order valence-electron chi connectivity index (χ3n) is 4.57. The Balaban J connectivity index is 1.79. The molecule has 3 rings (SSSR count). The molecule has 0 aromatic heterocycles. The maximum absolute atomic E-state index is 11.6. The van der Waals surface area contributed by atoms with Crippen LogP contribution in [0.15, 0.2) is 24.3 Å². The fourth-order valence-corrected chi connectivity index (χ4v) is 3.24. The SMILES string of the molecule is CC(=O)N[C@@H]1[C@@H](Oc2ccc(C(C)=O)cc2)O[C@H]2COC(C)(C)O[C@H]2[C@@H]1O. The first kappa shape index (κ1) is 19.8. The zero-order valence-corrected chi connectivity index (χ0v) is 15.8. The largest absolute Gasteiger partial charge is 0.463 e. The lowest BCUT2D eigenvalue weighted by Gasteiger charge is -2.49. The van der Waals surface area contributed by atoms with Crippen molar-refractivity contribution >= 4 is 11.7 Å². The monoisotopic (exact) mass is 379 g/mol. The van der Waals surface area contributed by atoms with Crippen LogP contribution in [-0.2, 0) is 19.0 Å². The molecular weight excluding hydrogens is 354 g/mol. The number of carbonyl (C=O) groups is 2. The second kappa shape index (κ2) is 7.55. The van der Waals surface area contributed by atoms with E-state index in [0.717, 1.165) is 0 Å². The lowest BCUT2D eigenvalue weighted by Crippen LogP contribution is -2.69. The number of aliphatic hydroxyl groups excluding tert-OH is 1. The van der Waals surface area contributed by atoms with Gasteiger partial charge >= 0.3 is 0 Å². The van der Waals surface area contributed by atoms with Crippen LogP contribution >= 0.6 is 0 Å². The summed E-state index contributed by atoms with van der Waals surface area (Å²) in [4.78, 5) is 23.0. The molecule has 0 aliphatic carbocycles. The van der Waals surface area contributed by atoms with Crippen molar-refractivity contribution in [3.05, 3.63) is 29.8 Å². The predicted octanol–water partition coefficient (Wildman–Crippen LogP) is 1.01. The zero-order valence-electron chi connectivity index (χ0n) is 15.8. The van der Waals surface area contributed by atoms with Gasteiger partial charge in [-0.05, 0) is 45.0 Å². The van der Waals surface area contributed by atoms with Crippen molar-refractivity contribution < 1.29 is 33.6 Å². The molecule has 2 fully saturated rings. The molecule has 2 saturated heterocycles. The fourth-order valence-electron chi connectivity index (χ4n) is 3.24. The molecule has 2 aliphatic heterocycles. The maximum atomic E-state index is 11.6. The van der Waals surface area contributed by atoms with Gasteiger partial charge in [0.2, 0.25) is 12.2 Å². The van der Waals surface area contributed by atoms with Crippen LogP contribution in [0.3, 0.4) is 0 Å². The number of fused-ring (bicyclic) bond motifs is 1. The van der Waals surface area contributed by atoms with E-state index in [2.05, 4.69) is 5.32 Å². The van der Waals surface area contributed by atoms with Crippen molar-refractivity contribution in [3.63, 3.8) is 0 Å². The van der Waals surface area contributed by atoms with Gasteiger partial charge in [0.25, 0.3) is 0 Å². The Kier molecular flexibility index (Phi) is 5.53. The van der Waals surface area contributed by atoms with Crippen LogP contribution in [0.2, 0.25) is 0 Å². The number of carbonyl (C=O) groups excluding carboxylic acids is 2. The molecule has 0 unspecified atom stereocenters. The number of rotatable bonds is 4. The molecule has 2 aliphatic rings. The van der Waals surface area contributed by atoms with Crippen LogP contribution in [0.1, 0.15) is 38.1 Å². The normalized spacial score (nSPS) is 32.3. The van der Waals surface area contributed by atoms with Crippen molar-refractivity contribution in [3.8, 4) is 5.75 Å². The first-order valence-corrected chi connectivity index (χ1v) is 8.86. The van der Waals surface area contributed by atoms with E-state index in [1.807, 2.05) is 0 Å². The maximum Gasteiger partial charge on any atom is 0.223 e. The van der Waals surface area contributed by atoms with Crippen LogP contribution in [0.25, 0.3) is 0 Å². The van der Waals surface area contributed by atoms with Crippen molar-refractivity contribution in [1.82, 2.24) is 5.32 Å². The Hall–Kier alpha value is -2.00. The van der Waals surface area contributed by atoms with Gasteiger partial charge in [0, 0.05) is 12.5 Å². The highest BCUT2D eigenvalue weighted by atomic mass is 16.8. The van der Waals surface area contributed by atoms with Gasteiger partial charge in [-0.15, -0.1) is 0 Å². The molecule has 0 radical (unpaired) electrons. The first-order chi connectivity index (χ1) is 12.7. The molecule has 0 bridgehead atoms. The molecular formula is C19H25NO7. The Bertz CT molecular complexity index is 703. The topological polar surface area (TPSA) is 103 Å².